The summed E-state index contributed by atoms with van der Waals surface area (Å²) in [5, 5.41) is 6.92. The monoisotopic (exact) mass is 246 g/mol. The van der Waals surface area contributed by atoms with E-state index in [1.807, 2.05) is 19.9 Å². The van der Waals surface area contributed by atoms with E-state index in [0.29, 0.717) is 6.54 Å². The first kappa shape index (κ1) is 13.2. The first-order chi connectivity index (χ1) is 7.43. The van der Waals surface area contributed by atoms with Crippen LogP contribution in [-0.4, -0.2) is 31.1 Å². The molecule has 6 heteroatoms. The van der Waals surface area contributed by atoms with Crippen molar-refractivity contribution in [2.24, 2.45) is 0 Å². The fraction of sp³-hybridized carbons (Fsp3) is 0.700. The van der Waals surface area contributed by atoms with Crippen molar-refractivity contribution in [2.75, 3.05) is 11.5 Å². The lowest BCUT2D eigenvalue weighted by atomic mass is 10.3. The number of nitrogens with zero attached hydrogens (tertiary/aromatic N) is 1. The quantitative estimate of drug-likeness (QED) is 0.807. The highest BCUT2D eigenvalue weighted by atomic mass is 32.2. The Morgan fingerprint density at radius 2 is 2.25 bits per heavy atom. The average molecular weight is 246 g/mol. The Morgan fingerprint density at radius 1 is 1.56 bits per heavy atom. The van der Waals surface area contributed by atoms with E-state index in [-0.39, 0.29) is 17.5 Å². The summed E-state index contributed by atoms with van der Waals surface area (Å²) in [4.78, 5) is 0. The van der Waals surface area contributed by atoms with Gasteiger partial charge in [0.25, 0.3) is 0 Å². The lowest BCUT2D eigenvalue weighted by molar-refractivity contribution is 0.387. The van der Waals surface area contributed by atoms with Crippen molar-refractivity contribution in [3.8, 4) is 0 Å². The molecule has 1 aromatic heterocycles. The maximum absolute atomic E-state index is 11.4. The Hall–Kier alpha value is -0.880. The Morgan fingerprint density at radius 3 is 2.75 bits per heavy atom. The summed E-state index contributed by atoms with van der Waals surface area (Å²) >= 11 is 0. The second-order valence-corrected chi connectivity index (χ2v) is 6.31. The van der Waals surface area contributed by atoms with Gasteiger partial charge in [0.05, 0.1) is 11.4 Å². The molecule has 0 aliphatic rings. The Kier molecular flexibility index (Phi) is 4.49. The van der Waals surface area contributed by atoms with E-state index in [0.717, 1.165) is 11.5 Å². The first-order valence-electron chi connectivity index (χ1n) is 5.29. The van der Waals surface area contributed by atoms with Gasteiger partial charge >= 0.3 is 0 Å². The van der Waals surface area contributed by atoms with Crippen molar-refractivity contribution in [1.29, 1.82) is 0 Å². The molecular formula is C10H18N2O3S. The van der Waals surface area contributed by atoms with Gasteiger partial charge in [-0.15, -0.1) is 0 Å². The number of rotatable bonds is 6. The average Bonchev–Trinajstić information content (AvgIpc) is 2.61. The molecule has 0 fully saturated rings. The van der Waals surface area contributed by atoms with Crippen LogP contribution in [0.25, 0.3) is 0 Å². The highest BCUT2D eigenvalue weighted by molar-refractivity contribution is 7.91. The topological polar surface area (TPSA) is 72.2 Å². The molecule has 92 valence electrons. The second kappa shape index (κ2) is 5.45. The normalized spacial score (nSPS) is 13.9. The smallest absolute Gasteiger partial charge is 0.151 e. The summed E-state index contributed by atoms with van der Waals surface area (Å²) in [7, 11) is -2.92. The van der Waals surface area contributed by atoms with Gasteiger partial charge in [-0.1, -0.05) is 12.1 Å². The van der Waals surface area contributed by atoms with Crippen molar-refractivity contribution >= 4 is 9.84 Å². The molecule has 0 aromatic carbocycles. The van der Waals surface area contributed by atoms with Gasteiger partial charge in [-0.05, 0) is 13.8 Å². The molecule has 1 N–H and O–H groups in total. The standard InChI is InChI=1S/C10H18N2O3S/c1-4-16(13,14)7-8(2)11-6-10-5-9(3)15-12-10/h5,8,11H,4,6-7H2,1-3H3. The Bertz CT molecular complexity index is 425. The second-order valence-electron chi connectivity index (χ2n) is 3.91. The zero-order chi connectivity index (χ0) is 12.2. The largest absolute Gasteiger partial charge is 0.361 e. The maximum atomic E-state index is 11.4. The van der Waals surface area contributed by atoms with E-state index in [2.05, 4.69) is 10.5 Å². The van der Waals surface area contributed by atoms with Gasteiger partial charge in [-0.3, -0.25) is 0 Å². The summed E-state index contributed by atoms with van der Waals surface area (Å²) < 4.78 is 27.6. The van der Waals surface area contributed by atoms with Crippen LogP contribution in [0.2, 0.25) is 0 Å². The minimum absolute atomic E-state index is 0.0815. The predicted molar refractivity (Wildman–Crippen MR) is 61.9 cm³/mol. The van der Waals surface area contributed by atoms with Crippen LogP contribution in [0.1, 0.15) is 25.3 Å². The summed E-state index contributed by atoms with van der Waals surface area (Å²) in [6, 6.07) is 1.75. The molecule has 1 unspecified atom stereocenters. The SMILES string of the molecule is CCS(=O)(=O)CC(C)NCc1cc(C)on1. The van der Waals surface area contributed by atoms with Gasteiger partial charge in [-0.25, -0.2) is 8.42 Å². The lowest BCUT2D eigenvalue weighted by Crippen LogP contribution is -2.33. The summed E-state index contributed by atoms with van der Waals surface area (Å²) in [5.41, 5.74) is 0.790. The van der Waals surface area contributed by atoms with Crippen LogP contribution in [0.4, 0.5) is 0 Å². The van der Waals surface area contributed by atoms with E-state index in [1.54, 1.807) is 6.92 Å². The number of hydrogen-bond acceptors (Lipinski definition) is 5. The van der Waals surface area contributed by atoms with E-state index in [1.165, 1.54) is 0 Å². The lowest BCUT2D eigenvalue weighted by Gasteiger charge is -2.11. The minimum atomic E-state index is -2.92. The van der Waals surface area contributed by atoms with Gasteiger partial charge in [-0.2, -0.15) is 0 Å². The molecule has 0 radical (unpaired) electrons. The molecule has 0 aliphatic carbocycles. The van der Waals surface area contributed by atoms with Crippen molar-refractivity contribution < 1.29 is 12.9 Å². The van der Waals surface area contributed by atoms with Gasteiger partial charge in [0.15, 0.2) is 9.84 Å². The van der Waals surface area contributed by atoms with E-state index >= 15 is 0 Å². The third-order valence-electron chi connectivity index (χ3n) is 2.25. The molecule has 0 amide bonds. The fourth-order valence-corrected chi connectivity index (χ4v) is 2.45. The molecule has 0 aliphatic heterocycles. The van der Waals surface area contributed by atoms with Crippen molar-refractivity contribution in [2.45, 2.75) is 33.4 Å². The summed E-state index contributed by atoms with van der Waals surface area (Å²) in [6.07, 6.45) is 0. The molecule has 16 heavy (non-hydrogen) atoms. The third-order valence-corrected chi connectivity index (χ3v) is 4.14. The number of sulfone groups is 1. The van der Waals surface area contributed by atoms with Crippen LogP contribution in [0.15, 0.2) is 10.6 Å². The minimum Gasteiger partial charge on any atom is -0.361 e. The predicted octanol–water partition coefficient (Wildman–Crippen LogP) is 0.896. The van der Waals surface area contributed by atoms with Crippen LogP contribution in [0.3, 0.4) is 0 Å². The molecule has 5 nitrogen and oxygen atoms in total. The molecule has 1 rings (SSSR count). The van der Waals surface area contributed by atoms with Crippen LogP contribution in [0, 0.1) is 6.92 Å². The van der Waals surface area contributed by atoms with Gasteiger partial charge in [0.2, 0.25) is 0 Å². The zero-order valence-corrected chi connectivity index (χ0v) is 10.7. The third kappa shape index (κ3) is 4.32. The van der Waals surface area contributed by atoms with Crippen LogP contribution >= 0.6 is 0 Å². The number of nitrogens with one attached hydrogen (secondary N) is 1. The van der Waals surface area contributed by atoms with Gasteiger partial charge < -0.3 is 9.84 Å². The van der Waals surface area contributed by atoms with Gasteiger partial charge in [0, 0.05) is 24.4 Å². The first-order valence-corrected chi connectivity index (χ1v) is 7.11. The van der Waals surface area contributed by atoms with E-state index < -0.39 is 9.84 Å². The molecule has 1 aromatic rings. The molecule has 0 saturated carbocycles. The molecule has 0 saturated heterocycles. The zero-order valence-electron chi connectivity index (χ0n) is 9.86. The Balaban J connectivity index is 2.39. The molecular weight excluding hydrogens is 228 g/mol. The summed E-state index contributed by atoms with van der Waals surface area (Å²) in [5.74, 6) is 1.09. The highest BCUT2D eigenvalue weighted by Gasteiger charge is 2.13. The van der Waals surface area contributed by atoms with Gasteiger partial charge in [0.1, 0.15) is 5.76 Å². The van der Waals surface area contributed by atoms with Crippen molar-refractivity contribution in [3.63, 3.8) is 0 Å². The molecule has 1 heterocycles. The van der Waals surface area contributed by atoms with E-state index in [9.17, 15) is 8.42 Å². The van der Waals surface area contributed by atoms with E-state index in [4.69, 9.17) is 4.52 Å². The van der Waals surface area contributed by atoms with Crippen molar-refractivity contribution in [1.82, 2.24) is 10.5 Å². The molecule has 1 atom stereocenters. The van der Waals surface area contributed by atoms with Crippen LogP contribution < -0.4 is 5.32 Å². The number of hydrogen-bond donors (Lipinski definition) is 1. The molecule has 0 spiro atoms. The number of aryl methyl sites for hydroxylation is 1. The molecule has 0 bridgehead atoms. The summed E-state index contributed by atoms with van der Waals surface area (Å²) in [6.45, 7) is 5.85. The van der Waals surface area contributed by atoms with Crippen LogP contribution in [0.5, 0.6) is 0 Å². The van der Waals surface area contributed by atoms with Crippen LogP contribution in [-0.2, 0) is 16.4 Å². The number of aromatic nitrogens is 1. The van der Waals surface area contributed by atoms with Crippen molar-refractivity contribution in [3.05, 3.63) is 17.5 Å². The fourth-order valence-electron chi connectivity index (χ4n) is 1.34. The highest BCUT2D eigenvalue weighted by Crippen LogP contribution is 2.02. The Labute approximate surface area is 96.1 Å². The maximum Gasteiger partial charge on any atom is 0.151 e.